The number of hydrogen-bond acceptors (Lipinski definition) is 7. The fraction of sp³-hybridized carbons (Fsp3) is 0.667. The number of nitrogens with one attached hydrogen (secondary N) is 2. The molecule has 0 saturated carbocycles. The first-order valence-corrected chi connectivity index (χ1v) is 7.36. The van der Waals surface area contributed by atoms with Gasteiger partial charge >= 0.3 is 0 Å². The summed E-state index contributed by atoms with van der Waals surface area (Å²) in [5.74, 6) is 0.308. The van der Waals surface area contributed by atoms with Crippen molar-refractivity contribution in [2.24, 2.45) is 0 Å². The Morgan fingerprint density at radius 3 is 2.78 bits per heavy atom. The average Bonchev–Trinajstić information content (AvgIpc) is 2.77. The molecule has 100 valence electrons. The molecule has 1 aromatic heterocycles. The van der Waals surface area contributed by atoms with Crippen molar-refractivity contribution in [3.63, 3.8) is 0 Å². The normalized spacial score (nSPS) is 22.6. The predicted octanol–water partition coefficient (Wildman–Crippen LogP) is -1.06. The summed E-state index contributed by atoms with van der Waals surface area (Å²) >= 11 is 0. The number of hydrogen-bond donors (Lipinski definition) is 2. The lowest BCUT2D eigenvalue weighted by Crippen LogP contribution is -2.47. The second-order valence-corrected chi connectivity index (χ2v) is 6.57. The molecule has 18 heavy (non-hydrogen) atoms. The van der Waals surface area contributed by atoms with Gasteiger partial charge in [0.05, 0.1) is 6.54 Å². The van der Waals surface area contributed by atoms with Crippen LogP contribution >= 0.6 is 0 Å². The molecule has 1 amide bonds. The second-order valence-electron chi connectivity index (χ2n) is 4.20. The number of nitrogens with zero attached hydrogens (tertiary/aromatic N) is 2. The molecule has 9 heteroatoms. The van der Waals surface area contributed by atoms with Crippen LogP contribution < -0.4 is 10.6 Å². The monoisotopic (exact) mass is 274 g/mol. The van der Waals surface area contributed by atoms with E-state index in [0.717, 1.165) is 6.26 Å². The van der Waals surface area contributed by atoms with Crippen LogP contribution in [0.4, 0.5) is 0 Å². The van der Waals surface area contributed by atoms with E-state index in [-0.39, 0.29) is 30.2 Å². The molecule has 1 aliphatic heterocycles. The van der Waals surface area contributed by atoms with Crippen molar-refractivity contribution < 1.29 is 17.7 Å². The molecule has 0 radical (unpaired) electrons. The van der Waals surface area contributed by atoms with Gasteiger partial charge in [0, 0.05) is 12.8 Å². The summed E-state index contributed by atoms with van der Waals surface area (Å²) in [6.45, 7) is 2.01. The third-order valence-electron chi connectivity index (χ3n) is 2.77. The average molecular weight is 274 g/mol. The number of aromatic nitrogens is 2. The highest BCUT2D eigenvalue weighted by Crippen LogP contribution is 2.20. The van der Waals surface area contributed by atoms with Crippen molar-refractivity contribution in [2.45, 2.75) is 18.2 Å². The minimum atomic E-state index is -3.26. The van der Waals surface area contributed by atoms with E-state index in [9.17, 15) is 13.2 Å². The van der Waals surface area contributed by atoms with E-state index in [1.165, 1.54) is 6.92 Å². The standard InChI is InChI=1S/C9H14N4O4S/c1-5(18(2,15)16)8-12-9(17-13-8)6-3-11-7(14)4-10-6/h5-6,10H,3-4H2,1-2H3,(H,11,14). The Balaban J connectivity index is 2.13. The van der Waals surface area contributed by atoms with Crippen molar-refractivity contribution in [1.82, 2.24) is 20.8 Å². The largest absolute Gasteiger partial charge is 0.353 e. The zero-order chi connectivity index (χ0) is 13.3. The van der Waals surface area contributed by atoms with E-state index < -0.39 is 15.1 Å². The van der Waals surface area contributed by atoms with E-state index in [1.807, 2.05) is 0 Å². The van der Waals surface area contributed by atoms with E-state index in [4.69, 9.17) is 4.52 Å². The van der Waals surface area contributed by atoms with Gasteiger partial charge in [0.2, 0.25) is 11.8 Å². The Morgan fingerprint density at radius 2 is 2.22 bits per heavy atom. The van der Waals surface area contributed by atoms with Crippen molar-refractivity contribution in [2.75, 3.05) is 19.3 Å². The molecule has 2 N–H and O–H groups in total. The predicted molar refractivity (Wildman–Crippen MR) is 61.3 cm³/mol. The number of piperazine rings is 1. The highest BCUT2D eigenvalue weighted by Gasteiger charge is 2.27. The SMILES string of the molecule is CC(c1noc(C2CNC(=O)CN2)n1)S(C)(=O)=O. The molecule has 0 aromatic carbocycles. The van der Waals surface area contributed by atoms with Crippen molar-refractivity contribution in [3.05, 3.63) is 11.7 Å². The van der Waals surface area contributed by atoms with Crippen LogP contribution in [0, 0.1) is 0 Å². The van der Waals surface area contributed by atoms with Crippen molar-refractivity contribution >= 4 is 15.7 Å². The lowest BCUT2D eigenvalue weighted by Gasteiger charge is -2.20. The summed E-state index contributed by atoms with van der Waals surface area (Å²) < 4.78 is 27.7. The third kappa shape index (κ3) is 2.67. The van der Waals surface area contributed by atoms with E-state index in [1.54, 1.807) is 0 Å². The highest BCUT2D eigenvalue weighted by atomic mass is 32.2. The molecule has 1 aromatic rings. The summed E-state index contributed by atoms with van der Waals surface area (Å²) in [7, 11) is -3.26. The molecule has 1 aliphatic rings. The Hall–Kier alpha value is -1.48. The fourth-order valence-electron chi connectivity index (χ4n) is 1.49. The maximum absolute atomic E-state index is 11.4. The number of carbonyl (C=O) groups excluding carboxylic acids is 1. The minimum Gasteiger partial charge on any atom is -0.353 e. The van der Waals surface area contributed by atoms with Crippen LogP contribution in [-0.2, 0) is 14.6 Å². The van der Waals surface area contributed by atoms with Gasteiger partial charge in [-0.1, -0.05) is 5.16 Å². The van der Waals surface area contributed by atoms with Gasteiger partial charge < -0.3 is 9.84 Å². The van der Waals surface area contributed by atoms with Crippen LogP contribution in [0.15, 0.2) is 4.52 Å². The first-order valence-electron chi connectivity index (χ1n) is 5.40. The van der Waals surface area contributed by atoms with Gasteiger partial charge in [-0.05, 0) is 6.92 Å². The van der Waals surface area contributed by atoms with Crippen LogP contribution in [0.2, 0.25) is 0 Å². The lowest BCUT2D eigenvalue weighted by atomic mass is 10.2. The first-order chi connectivity index (χ1) is 8.38. The van der Waals surface area contributed by atoms with Gasteiger partial charge in [-0.3, -0.25) is 10.1 Å². The number of carbonyl (C=O) groups is 1. The molecular formula is C9H14N4O4S. The molecule has 0 bridgehead atoms. The fourth-order valence-corrected chi connectivity index (χ4v) is 1.97. The van der Waals surface area contributed by atoms with Gasteiger partial charge in [0.1, 0.15) is 11.3 Å². The van der Waals surface area contributed by atoms with Crippen molar-refractivity contribution in [3.8, 4) is 0 Å². The molecule has 1 fully saturated rings. The second kappa shape index (κ2) is 4.65. The highest BCUT2D eigenvalue weighted by molar-refractivity contribution is 7.90. The molecule has 2 rings (SSSR count). The summed E-state index contributed by atoms with van der Waals surface area (Å²) in [6.07, 6.45) is 1.12. The van der Waals surface area contributed by atoms with Gasteiger partial charge in [0.25, 0.3) is 0 Å². The Morgan fingerprint density at radius 1 is 1.50 bits per heavy atom. The molecule has 0 aliphatic carbocycles. The number of amides is 1. The van der Waals surface area contributed by atoms with E-state index in [2.05, 4.69) is 20.8 Å². The molecular weight excluding hydrogens is 260 g/mol. The first kappa shape index (κ1) is 13.0. The summed E-state index contributed by atoms with van der Waals surface area (Å²) in [5.41, 5.74) is 0. The lowest BCUT2D eigenvalue weighted by molar-refractivity contribution is -0.121. The van der Waals surface area contributed by atoms with Crippen molar-refractivity contribution in [1.29, 1.82) is 0 Å². The maximum Gasteiger partial charge on any atom is 0.245 e. The maximum atomic E-state index is 11.4. The minimum absolute atomic E-state index is 0.101. The van der Waals surface area contributed by atoms with E-state index in [0.29, 0.717) is 6.54 Å². The Labute approximate surface area is 104 Å². The molecule has 0 spiro atoms. The molecule has 2 unspecified atom stereocenters. The molecule has 2 atom stereocenters. The van der Waals surface area contributed by atoms with Gasteiger partial charge in [-0.15, -0.1) is 0 Å². The van der Waals surface area contributed by atoms with Crippen LogP contribution in [0.25, 0.3) is 0 Å². The van der Waals surface area contributed by atoms with Gasteiger partial charge in [0.15, 0.2) is 15.7 Å². The zero-order valence-electron chi connectivity index (χ0n) is 10.0. The van der Waals surface area contributed by atoms with Crippen LogP contribution in [0.1, 0.15) is 29.9 Å². The molecule has 2 heterocycles. The van der Waals surface area contributed by atoms with Crippen LogP contribution in [0.5, 0.6) is 0 Å². The topological polar surface area (TPSA) is 114 Å². The number of sulfone groups is 1. The summed E-state index contributed by atoms with van der Waals surface area (Å²) in [4.78, 5) is 15.0. The van der Waals surface area contributed by atoms with Gasteiger partial charge in [-0.2, -0.15) is 4.98 Å². The van der Waals surface area contributed by atoms with Crippen LogP contribution in [0.3, 0.4) is 0 Å². The molecule has 1 saturated heterocycles. The summed E-state index contributed by atoms with van der Waals surface area (Å²) in [6, 6.07) is -0.282. The number of rotatable bonds is 3. The molecule has 8 nitrogen and oxygen atoms in total. The van der Waals surface area contributed by atoms with Crippen LogP contribution in [-0.4, -0.2) is 43.8 Å². The smallest absolute Gasteiger partial charge is 0.245 e. The van der Waals surface area contributed by atoms with Gasteiger partial charge in [-0.25, -0.2) is 8.42 Å². The Bertz CT molecular complexity index is 543. The quantitative estimate of drug-likeness (QED) is 0.721. The summed E-state index contributed by atoms with van der Waals surface area (Å²) in [5, 5.41) is 8.42. The van der Waals surface area contributed by atoms with E-state index >= 15 is 0 Å². The third-order valence-corrected chi connectivity index (χ3v) is 4.27. The Kier molecular flexibility index (Phi) is 3.35. The zero-order valence-corrected chi connectivity index (χ0v) is 10.8.